The summed E-state index contributed by atoms with van der Waals surface area (Å²) in [5.74, 6) is 0.981. The predicted molar refractivity (Wildman–Crippen MR) is 109 cm³/mol. The molecule has 2 heterocycles. The van der Waals surface area contributed by atoms with E-state index in [4.69, 9.17) is 21.1 Å². The molecule has 1 N–H and O–H groups in total. The van der Waals surface area contributed by atoms with Gasteiger partial charge in [-0.05, 0) is 37.6 Å². The molecule has 5 heteroatoms. The lowest BCUT2D eigenvalue weighted by Crippen LogP contribution is -2.33. The Bertz CT molecular complexity index is 1090. The highest BCUT2D eigenvalue weighted by Gasteiger charge is 2.55. The molecule has 28 heavy (non-hydrogen) atoms. The summed E-state index contributed by atoms with van der Waals surface area (Å²) < 4.78 is 12.3. The Morgan fingerprint density at radius 2 is 1.64 bits per heavy atom. The summed E-state index contributed by atoms with van der Waals surface area (Å²) in [5, 5.41) is 3.85. The highest BCUT2D eigenvalue weighted by molar-refractivity contribution is 6.32. The number of halogens is 1. The van der Waals surface area contributed by atoms with Gasteiger partial charge in [-0.2, -0.15) is 0 Å². The van der Waals surface area contributed by atoms with E-state index in [0.717, 1.165) is 22.3 Å². The van der Waals surface area contributed by atoms with Crippen LogP contribution in [0.2, 0.25) is 5.02 Å². The van der Waals surface area contributed by atoms with Crippen molar-refractivity contribution in [2.24, 2.45) is 0 Å². The SMILES string of the molecule is CCNc1cc(Cl)c(C)c2c1C(=O)OC21c2ccccc2Oc2ccccc21. The normalized spacial score (nSPS) is 15.3. The molecule has 2 aliphatic heterocycles. The van der Waals surface area contributed by atoms with E-state index in [1.807, 2.05) is 62.4 Å². The van der Waals surface area contributed by atoms with Crippen LogP contribution in [0.4, 0.5) is 5.69 Å². The number of nitrogens with one attached hydrogen (secondary N) is 1. The van der Waals surface area contributed by atoms with Crippen LogP contribution in [0.1, 0.15) is 39.5 Å². The molecule has 4 nitrogen and oxygen atoms in total. The smallest absolute Gasteiger partial charge is 0.342 e. The fourth-order valence-electron chi connectivity index (χ4n) is 4.31. The standard InChI is InChI=1S/C23H18ClNO3/c1-3-25-17-12-16(24)13(2)21-20(17)22(26)28-23(21)14-8-4-6-10-18(14)27-19-11-7-5-9-15(19)23/h4-12,25H,3H2,1-2H3. The highest BCUT2D eigenvalue weighted by atomic mass is 35.5. The number of esters is 1. The van der Waals surface area contributed by atoms with Gasteiger partial charge in [-0.1, -0.05) is 48.0 Å². The third kappa shape index (κ3) is 2.09. The van der Waals surface area contributed by atoms with Crippen molar-refractivity contribution in [1.82, 2.24) is 0 Å². The molecule has 0 unspecified atom stereocenters. The molecule has 0 fully saturated rings. The van der Waals surface area contributed by atoms with Gasteiger partial charge in [0.1, 0.15) is 11.5 Å². The molecule has 0 aromatic heterocycles. The largest absolute Gasteiger partial charge is 0.456 e. The number of hydrogen-bond acceptors (Lipinski definition) is 4. The van der Waals surface area contributed by atoms with Gasteiger partial charge in [-0.3, -0.25) is 0 Å². The number of carbonyl (C=O) groups is 1. The molecule has 5 rings (SSSR count). The molecule has 140 valence electrons. The number of fused-ring (bicyclic) bond motifs is 6. The van der Waals surface area contributed by atoms with Crippen LogP contribution < -0.4 is 10.1 Å². The first-order valence-corrected chi connectivity index (χ1v) is 9.63. The molecule has 0 saturated heterocycles. The summed E-state index contributed by atoms with van der Waals surface area (Å²) in [6.45, 7) is 4.58. The van der Waals surface area contributed by atoms with Gasteiger partial charge in [0.2, 0.25) is 0 Å². The van der Waals surface area contributed by atoms with Gasteiger partial charge in [0.05, 0.1) is 11.3 Å². The second-order valence-electron chi connectivity index (χ2n) is 6.98. The zero-order valence-electron chi connectivity index (χ0n) is 15.5. The van der Waals surface area contributed by atoms with Gasteiger partial charge in [0.25, 0.3) is 0 Å². The quantitative estimate of drug-likeness (QED) is 0.573. The van der Waals surface area contributed by atoms with E-state index in [1.54, 1.807) is 6.07 Å². The van der Waals surface area contributed by atoms with Crippen molar-refractivity contribution in [1.29, 1.82) is 0 Å². The van der Waals surface area contributed by atoms with E-state index >= 15 is 0 Å². The van der Waals surface area contributed by atoms with Crippen molar-refractivity contribution in [3.63, 3.8) is 0 Å². The van der Waals surface area contributed by atoms with Gasteiger partial charge in [0.15, 0.2) is 5.60 Å². The lowest BCUT2D eigenvalue weighted by molar-refractivity contribution is 0.0224. The number of benzene rings is 3. The van der Waals surface area contributed by atoms with Gasteiger partial charge < -0.3 is 14.8 Å². The maximum atomic E-state index is 13.2. The summed E-state index contributed by atoms with van der Waals surface area (Å²) in [5.41, 5.74) is 3.35. The summed E-state index contributed by atoms with van der Waals surface area (Å²) in [6, 6.07) is 17.1. The Balaban J connectivity index is 1.94. The molecular formula is C23H18ClNO3. The van der Waals surface area contributed by atoms with Crippen LogP contribution in [0.25, 0.3) is 0 Å². The monoisotopic (exact) mass is 391 g/mol. The number of para-hydroxylation sites is 2. The minimum absolute atomic E-state index is 0.364. The maximum Gasteiger partial charge on any atom is 0.342 e. The van der Waals surface area contributed by atoms with E-state index in [0.29, 0.717) is 34.3 Å². The summed E-state index contributed by atoms with van der Waals surface area (Å²) in [4.78, 5) is 13.2. The lowest BCUT2D eigenvalue weighted by atomic mass is 9.76. The predicted octanol–water partition coefficient (Wildman–Crippen LogP) is 5.65. The number of hydrogen-bond donors (Lipinski definition) is 1. The molecule has 0 atom stereocenters. The second kappa shape index (κ2) is 6.01. The summed E-state index contributed by atoms with van der Waals surface area (Å²) in [6.07, 6.45) is 0. The van der Waals surface area contributed by atoms with Crippen molar-refractivity contribution < 1.29 is 14.3 Å². The molecule has 0 radical (unpaired) electrons. The topological polar surface area (TPSA) is 47.6 Å². The number of anilines is 1. The van der Waals surface area contributed by atoms with Crippen LogP contribution in [0, 0.1) is 6.92 Å². The minimum Gasteiger partial charge on any atom is -0.456 e. The highest BCUT2D eigenvalue weighted by Crippen LogP contribution is 2.58. The van der Waals surface area contributed by atoms with E-state index in [9.17, 15) is 4.79 Å². The Hall–Kier alpha value is -2.98. The number of ether oxygens (including phenoxy) is 2. The third-order valence-electron chi connectivity index (χ3n) is 5.45. The van der Waals surface area contributed by atoms with Crippen molar-refractivity contribution in [2.75, 3.05) is 11.9 Å². The molecule has 3 aromatic carbocycles. The van der Waals surface area contributed by atoms with Crippen LogP contribution in [0.3, 0.4) is 0 Å². The van der Waals surface area contributed by atoms with Crippen molar-refractivity contribution in [3.05, 3.63) is 87.4 Å². The van der Waals surface area contributed by atoms with Crippen molar-refractivity contribution >= 4 is 23.3 Å². The van der Waals surface area contributed by atoms with Gasteiger partial charge in [-0.15, -0.1) is 0 Å². The van der Waals surface area contributed by atoms with Gasteiger partial charge in [-0.25, -0.2) is 4.79 Å². The fraction of sp³-hybridized carbons (Fsp3) is 0.174. The average molecular weight is 392 g/mol. The minimum atomic E-state index is -1.09. The molecular weight excluding hydrogens is 374 g/mol. The first-order valence-electron chi connectivity index (χ1n) is 9.25. The van der Waals surface area contributed by atoms with Crippen LogP contribution in [0.5, 0.6) is 11.5 Å². The van der Waals surface area contributed by atoms with Crippen molar-refractivity contribution in [3.8, 4) is 11.5 Å². The molecule has 0 amide bonds. The van der Waals surface area contributed by atoms with Gasteiger partial charge in [0, 0.05) is 28.3 Å². The molecule has 0 aliphatic carbocycles. The average Bonchev–Trinajstić information content (AvgIpc) is 3.00. The second-order valence-corrected chi connectivity index (χ2v) is 7.38. The number of rotatable bonds is 2. The Kier molecular flexibility index (Phi) is 3.68. The van der Waals surface area contributed by atoms with Crippen LogP contribution in [-0.4, -0.2) is 12.5 Å². The Labute approximate surface area is 168 Å². The molecule has 3 aromatic rings. The van der Waals surface area contributed by atoms with E-state index in [-0.39, 0.29) is 5.97 Å². The molecule has 1 spiro atoms. The zero-order chi connectivity index (χ0) is 19.5. The summed E-state index contributed by atoms with van der Waals surface area (Å²) in [7, 11) is 0. The molecule has 0 bridgehead atoms. The van der Waals surface area contributed by atoms with Crippen LogP contribution in [0.15, 0.2) is 54.6 Å². The van der Waals surface area contributed by atoms with E-state index in [2.05, 4.69) is 5.32 Å². The molecule has 0 saturated carbocycles. The van der Waals surface area contributed by atoms with Crippen molar-refractivity contribution in [2.45, 2.75) is 19.4 Å². The maximum absolute atomic E-state index is 13.2. The van der Waals surface area contributed by atoms with Gasteiger partial charge >= 0.3 is 5.97 Å². The number of carbonyl (C=O) groups excluding carboxylic acids is 1. The molecule has 2 aliphatic rings. The summed E-state index contributed by atoms with van der Waals surface area (Å²) >= 11 is 6.60. The first kappa shape index (κ1) is 17.1. The van der Waals surface area contributed by atoms with Crippen LogP contribution >= 0.6 is 11.6 Å². The van der Waals surface area contributed by atoms with E-state index < -0.39 is 5.60 Å². The first-order chi connectivity index (χ1) is 13.6. The zero-order valence-corrected chi connectivity index (χ0v) is 16.3. The van der Waals surface area contributed by atoms with E-state index in [1.165, 1.54) is 0 Å². The Morgan fingerprint density at radius 1 is 1.04 bits per heavy atom. The van der Waals surface area contributed by atoms with Crippen LogP contribution in [-0.2, 0) is 10.3 Å². The lowest BCUT2D eigenvalue weighted by Gasteiger charge is -2.37. The fourth-order valence-corrected chi connectivity index (χ4v) is 4.51. The third-order valence-corrected chi connectivity index (χ3v) is 5.84. The Morgan fingerprint density at radius 3 is 2.25 bits per heavy atom.